The number of hydrogen-bond donors (Lipinski definition) is 6. The normalized spacial score (nSPS) is 15.6. The van der Waals surface area contributed by atoms with Crippen molar-refractivity contribution in [3.05, 3.63) is 169 Å². The summed E-state index contributed by atoms with van der Waals surface area (Å²) in [6.07, 6.45) is 6.19. The van der Waals surface area contributed by atoms with Crippen molar-refractivity contribution in [2.75, 3.05) is 26.3 Å². The summed E-state index contributed by atoms with van der Waals surface area (Å²) < 4.78 is 88.7. The molecule has 6 aromatic rings. The molecular formula is C60H56F4N2O14. The molecule has 0 saturated heterocycles. The third-order valence-electron chi connectivity index (χ3n) is 14.2. The minimum atomic E-state index is -1.90. The highest BCUT2D eigenvalue weighted by atomic mass is 19.1. The smallest absolute Gasteiger partial charge is 0.340 e. The number of carbonyl (C=O) groups excluding carboxylic acids is 5. The lowest BCUT2D eigenvalue weighted by atomic mass is 9.77. The van der Waals surface area contributed by atoms with Gasteiger partial charge in [-0.3, -0.25) is 14.4 Å². The summed E-state index contributed by atoms with van der Waals surface area (Å²) in [4.78, 5) is 64.8. The van der Waals surface area contributed by atoms with E-state index in [4.69, 9.17) is 33.9 Å². The van der Waals surface area contributed by atoms with Gasteiger partial charge >= 0.3 is 17.9 Å². The first-order valence-electron chi connectivity index (χ1n) is 25.9. The molecule has 0 bridgehead atoms. The third kappa shape index (κ3) is 10.4. The van der Waals surface area contributed by atoms with E-state index in [9.17, 15) is 43.0 Å². The number of aromatic hydroxyl groups is 2. The number of nitrogens with one attached hydrogen (secondary N) is 2. The van der Waals surface area contributed by atoms with Crippen LogP contribution < -0.4 is 24.8 Å². The zero-order chi connectivity index (χ0) is 57.4. The number of hydrogen-bond acceptors (Lipinski definition) is 14. The number of esters is 3. The molecule has 6 aromatic carbocycles. The molecule has 4 heterocycles. The number of amides is 2. The van der Waals surface area contributed by atoms with Gasteiger partial charge in [-0.15, -0.1) is 0 Å². The minimum absolute atomic E-state index is 0.0195. The second-order valence-corrected chi connectivity index (χ2v) is 20.8. The average molecular weight is 1110 g/mol. The van der Waals surface area contributed by atoms with Crippen LogP contribution in [0.25, 0.3) is 0 Å². The van der Waals surface area contributed by atoms with E-state index in [1.165, 1.54) is 54.6 Å². The molecule has 1 unspecified atom stereocenters. The molecule has 0 aromatic heterocycles. The Bertz CT molecular complexity index is 3450. The van der Waals surface area contributed by atoms with Crippen molar-refractivity contribution in [2.24, 2.45) is 5.41 Å². The molecule has 16 nitrogen and oxygen atoms in total. The maximum absolute atomic E-state index is 15.6. The van der Waals surface area contributed by atoms with Crippen molar-refractivity contribution >= 4 is 29.7 Å². The van der Waals surface area contributed by atoms with Crippen LogP contribution in [0.1, 0.15) is 153 Å². The van der Waals surface area contributed by atoms with Gasteiger partial charge in [-0.1, -0.05) is 25.7 Å². The van der Waals surface area contributed by atoms with Crippen LogP contribution in [0.4, 0.5) is 17.6 Å². The Morgan fingerprint density at radius 1 is 0.525 bits per heavy atom. The average Bonchev–Trinajstić information content (AvgIpc) is 3.95. The fourth-order valence-corrected chi connectivity index (χ4v) is 9.97. The topological polar surface area (TPSA) is 236 Å². The van der Waals surface area contributed by atoms with Crippen LogP contribution in [-0.4, -0.2) is 76.5 Å². The van der Waals surface area contributed by atoms with Gasteiger partial charge in [0, 0.05) is 66.8 Å². The van der Waals surface area contributed by atoms with E-state index in [2.05, 4.69) is 10.6 Å². The number of ether oxygens (including phenoxy) is 5. The summed E-state index contributed by atoms with van der Waals surface area (Å²) in [6.45, 7) is 7.49. The largest absolute Gasteiger partial charge is 0.505 e. The van der Waals surface area contributed by atoms with Crippen LogP contribution in [0.2, 0.25) is 0 Å². The van der Waals surface area contributed by atoms with Crippen molar-refractivity contribution in [2.45, 2.75) is 90.3 Å². The molecule has 20 heteroatoms. The molecule has 0 fully saturated rings. The predicted octanol–water partition coefficient (Wildman–Crippen LogP) is 10.3. The number of aryl methyl sites for hydroxylation is 1. The maximum atomic E-state index is 15.6. The number of aliphatic hydroxyl groups excluding tert-OH is 2. The molecule has 0 radical (unpaired) electrons. The van der Waals surface area contributed by atoms with Gasteiger partial charge in [-0.25, -0.2) is 27.2 Å². The van der Waals surface area contributed by atoms with Gasteiger partial charge in [0.25, 0.3) is 11.8 Å². The summed E-state index contributed by atoms with van der Waals surface area (Å²) in [5.74, 6) is -8.35. The first-order valence-corrected chi connectivity index (χ1v) is 25.9. The van der Waals surface area contributed by atoms with Crippen LogP contribution >= 0.6 is 0 Å². The van der Waals surface area contributed by atoms with Gasteiger partial charge in [0.1, 0.15) is 28.8 Å². The van der Waals surface area contributed by atoms with Crippen LogP contribution in [0.3, 0.4) is 0 Å². The Morgan fingerprint density at radius 3 is 1.36 bits per heavy atom. The lowest BCUT2D eigenvalue weighted by Gasteiger charge is -2.37. The number of phenolic OH excluding ortho intramolecular Hbond substituents is 2. The highest BCUT2D eigenvalue weighted by molar-refractivity contribution is 6.02. The van der Waals surface area contributed by atoms with Gasteiger partial charge < -0.3 is 54.7 Å². The van der Waals surface area contributed by atoms with E-state index < -0.39 is 81.1 Å². The number of rotatable bonds is 15. The minimum Gasteiger partial charge on any atom is -0.505 e. The fourth-order valence-electron chi connectivity index (χ4n) is 9.97. The number of phenols is 2. The summed E-state index contributed by atoms with van der Waals surface area (Å²) in [7, 11) is 0. The lowest BCUT2D eigenvalue weighted by Crippen LogP contribution is -2.34. The van der Waals surface area contributed by atoms with Crippen molar-refractivity contribution in [1.29, 1.82) is 0 Å². The number of unbranched alkanes of at least 4 members (excludes halogenated alkanes) is 6. The van der Waals surface area contributed by atoms with Gasteiger partial charge in [0.15, 0.2) is 45.9 Å². The van der Waals surface area contributed by atoms with Gasteiger partial charge in [0.05, 0.1) is 38.8 Å². The SMILES string of the molecule is Cc1cc2c(cc1F)C1(OC(=O)c3ccc(C(=O)NCCCCCCO)cc31)c1cc(F)c(OC(=O)C(C)(C)C)cc1O2.O=C(NCCCCCCO)c1ccc2c(c1)C1(OC2=O)c2cc(F)c(O)cc2Oc2cc(O)c(F)cc21. The van der Waals surface area contributed by atoms with Crippen molar-refractivity contribution in [3.63, 3.8) is 0 Å². The molecule has 4 aliphatic heterocycles. The van der Waals surface area contributed by atoms with E-state index >= 15 is 8.78 Å². The number of aliphatic hydroxyl groups is 2. The predicted molar refractivity (Wildman–Crippen MR) is 278 cm³/mol. The standard InChI is InChI=1S/C33H33F2NO7.C27H23F2NO7/c1-18-13-26-22(15-24(18)34)33(23-16-25(35)28(17-27(23)41-26)42-31(40)32(2,3)4)21-14-19(9-10-20(21)30(39)43-33)29(38)36-11-7-5-6-8-12-37;28-19-10-17-23(12-21(19)32)36-24-13-22(33)20(29)11-18(24)27(17)16-9-14(5-6-15(16)26(35)37-27)25(34)30-7-3-1-2-4-8-31/h9-10,13-17,37H,5-8,11-12H2,1-4H3,(H,36,38);5-6,9-13,31-33H,1-4,7-8H2,(H,30,34). The quantitative estimate of drug-likeness (QED) is 0.0243. The monoisotopic (exact) mass is 1100 g/mol. The van der Waals surface area contributed by atoms with E-state index in [-0.39, 0.29) is 103 Å². The maximum Gasteiger partial charge on any atom is 0.340 e. The van der Waals surface area contributed by atoms with Crippen LogP contribution in [0, 0.1) is 35.6 Å². The van der Waals surface area contributed by atoms with E-state index in [0.717, 1.165) is 62.4 Å². The highest BCUT2D eigenvalue weighted by Gasteiger charge is 2.56. The summed E-state index contributed by atoms with van der Waals surface area (Å²) in [5, 5.41) is 43.3. The summed E-state index contributed by atoms with van der Waals surface area (Å²) >= 11 is 0. The van der Waals surface area contributed by atoms with E-state index in [1.54, 1.807) is 27.7 Å². The first-order chi connectivity index (χ1) is 38.1. The third-order valence-corrected chi connectivity index (χ3v) is 14.2. The molecule has 418 valence electrons. The summed E-state index contributed by atoms with van der Waals surface area (Å²) in [5.41, 5.74) is -3.26. The zero-order valence-corrected chi connectivity index (χ0v) is 44.0. The van der Waals surface area contributed by atoms with Crippen LogP contribution in [-0.2, 0) is 25.5 Å². The molecule has 0 saturated carbocycles. The molecule has 4 aliphatic rings. The molecule has 80 heavy (non-hydrogen) atoms. The van der Waals surface area contributed by atoms with Crippen LogP contribution in [0.15, 0.2) is 84.9 Å². The van der Waals surface area contributed by atoms with Gasteiger partial charge in [0.2, 0.25) is 0 Å². The van der Waals surface area contributed by atoms with E-state index in [1.807, 2.05) is 0 Å². The molecular weight excluding hydrogens is 1050 g/mol. The number of benzene rings is 6. The molecule has 0 aliphatic carbocycles. The van der Waals surface area contributed by atoms with Crippen molar-refractivity contribution in [1.82, 2.24) is 10.6 Å². The Morgan fingerprint density at radius 2 is 0.925 bits per heavy atom. The molecule has 1 atom stereocenters. The van der Waals surface area contributed by atoms with Gasteiger partial charge in [-0.05, 0) is 126 Å². The second-order valence-electron chi connectivity index (χ2n) is 20.8. The second kappa shape index (κ2) is 22.3. The number of halogens is 4. The number of fused-ring (bicyclic) bond motifs is 12. The van der Waals surface area contributed by atoms with Gasteiger partial charge in [-0.2, -0.15) is 0 Å². The lowest BCUT2D eigenvalue weighted by molar-refractivity contribution is -0.143. The van der Waals surface area contributed by atoms with Crippen LogP contribution in [0.5, 0.6) is 40.2 Å². The van der Waals surface area contributed by atoms with E-state index in [0.29, 0.717) is 32.4 Å². The van der Waals surface area contributed by atoms with Crippen molar-refractivity contribution < 1.29 is 85.6 Å². The Kier molecular flexibility index (Phi) is 15.7. The molecule has 2 spiro atoms. The molecule has 2 amide bonds. The molecule has 10 rings (SSSR count). The zero-order valence-electron chi connectivity index (χ0n) is 44.0. The Balaban J connectivity index is 0.000000196. The number of carbonyl (C=O) groups is 5. The highest BCUT2D eigenvalue weighted by Crippen LogP contribution is 2.59. The first kappa shape index (κ1) is 56.2. The Labute approximate surface area is 456 Å². The van der Waals surface area contributed by atoms with Crippen molar-refractivity contribution in [3.8, 4) is 40.2 Å². The Hall–Kier alpha value is -8.49. The fraction of sp³-hybridized carbons (Fsp3) is 0.317. The molecule has 6 N–H and O–H groups in total. The summed E-state index contributed by atoms with van der Waals surface area (Å²) in [6, 6.07) is 17.5.